The van der Waals surface area contributed by atoms with Gasteiger partial charge in [0.05, 0.1) is 27.6 Å². The number of benzene rings is 5. The fourth-order valence-electron chi connectivity index (χ4n) is 10.5. The SMILES string of the molecule is CC1=NC(C)(C)C(C)(C)N1c1ccc(-c2ccc3c(c2)C(c2ccccc2)(c2ccccc2)c2c-3ccc3cc(-c4ccc(N5C(C)=NC(C)(C)C5(C)C)nc4)ccc23)cn1. The first-order valence-corrected chi connectivity index (χ1v) is 21.6. The Morgan fingerprint density at radius 3 is 1.36 bits per heavy atom. The van der Waals surface area contributed by atoms with Crippen LogP contribution in [0.4, 0.5) is 11.6 Å². The Morgan fingerprint density at radius 1 is 0.443 bits per heavy atom. The van der Waals surface area contributed by atoms with Crippen molar-refractivity contribution in [2.75, 3.05) is 9.80 Å². The highest BCUT2D eigenvalue weighted by Crippen LogP contribution is 2.59. The second kappa shape index (κ2) is 13.3. The topological polar surface area (TPSA) is 57.0 Å². The van der Waals surface area contributed by atoms with Crippen molar-refractivity contribution in [1.29, 1.82) is 0 Å². The van der Waals surface area contributed by atoms with Crippen LogP contribution < -0.4 is 9.80 Å². The van der Waals surface area contributed by atoms with E-state index >= 15 is 0 Å². The van der Waals surface area contributed by atoms with Gasteiger partial charge in [0.25, 0.3) is 0 Å². The van der Waals surface area contributed by atoms with Crippen LogP contribution in [0.1, 0.15) is 91.5 Å². The van der Waals surface area contributed by atoms with Crippen LogP contribution in [0.2, 0.25) is 0 Å². The summed E-state index contributed by atoms with van der Waals surface area (Å²) in [6.45, 7) is 21.9. The molecule has 4 heterocycles. The van der Waals surface area contributed by atoms with E-state index < -0.39 is 5.41 Å². The van der Waals surface area contributed by atoms with E-state index in [1.54, 1.807) is 0 Å². The van der Waals surface area contributed by atoms with Gasteiger partial charge in [0.15, 0.2) is 0 Å². The molecule has 0 amide bonds. The summed E-state index contributed by atoms with van der Waals surface area (Å²) >= 11 is 0. The molecule has 7 aromatic rings. The van der Waals surface area contributed by atoms with Crippen LogP contribution in [0.5, 0.6) is 0 Å². The quantitative estimate of drug-likeness (QED) is 0.168. The van der Waals surface area contributed by atoms with Gasteiger partial charge in [-0.15, -0.1) is 0 Å². The Morgan fingerprint density at radius 2 is 0.902 bits per heavy atom. The predicted molar refractivity (Wildman–Crippen MR) is 255 cm³/mol. The molecule has 2 aromatic heterocycles. The van der Waals surface area contributed by atoms with Gasteiger partial charge in [-0.25, -0.2) is 9.97 Å². The summed E-state index contributed by atoms with van der Waals surface area (Å²) in [5, 5.41) is 2.44. The van der Waals surface area contributed by atoms with E-state index in [0.717, 1.165) is 45.6 Å². The lowest BCUT2D eigenvalue weighted by molar-refractivity contribution is 0.337. The smallest absolute Gasteiger partial charge is 0.134 e. The van der Waals surface area contributed by atoms with Crippen LogP contribution in [-0.2, 0) is 5.41 Å². The van der Waals surface area contributed by atoms with Crippen molar-refractivity contribution in [1.82, 2.24) is 9.97 Å². The first kappa shape index (κ1) is 38.8. The van der Waals surface area contributed by atoms with Crippen molar-refractivity contribution in [2.24, 2.45) is 9.98 Å². The molecule has 1 aliphatic carbocycles. The molecule has 0 N–H and O–H groups in total. The number of aromatic nitrogens is 2. The standard InChI is InChI=1S/C55H54N6/c1-35-58-51(3,4)53(7,8)60(35)48-29-24-40(33-56-48)37-21-26-44-39(31-37)23-28-46-45-27-22-38(41-25-30-49(57-34-41)61-36(2)59-52(5,6)54(61,9)10)32-47(45)55(50(44)46,42-17-13-11-14-18-42)43-19-15-12-16-20-43/h11-34H,1-10H3. The molecular weight excluding hydrogens is 745 g/mol. The van der Waals surface area contributed by atoms with Gasteiger partial charge >= 0.3 is 0 Å². The fraction of sp³-hybridized carbons (Fsp3) is 0.273. The molecule has 0 radical (unpaired) electrons. The highest BCUT2D eigenvalue weighted by atomic mass is 15.4. The zero-order valence-electron chi connectivity index (χ0n) is 37.0. The molecule has 0 bridgehead atoms. The molecule has 10 rings (SSSR count). The Balaban J connectivity index is 1.10. The van der Waals surface area contributed by atoms with Crippen molar-refractivity contribution in [3.05, 3.63) is 168 Å². The van der Waals surface area contributed by atoms with E-state index in [-0.39, 0.29) is 22.2 Å². The zero-order chi connectivity index (χ0) is 42.7. The second-order valence-corrected chi connectivity index (χ2v) is 19.2. The lowest BCUT2D eigenvalue weighted by atomic mass is 9.66. The minimum absolute atomic E-state index is 0.198. The summed E-state index contributed by atoms with van der Waals surface area (Å²) in [7, 11) is 0. The Hall–Kier alpha value is -6.40. The van der Waals surface area contributed by atoms with Crippen molar-refractivity contribution < 1.29 is 0 Å². The molecule has 6 nitrogen and oxygen atoms in total. The molecule has 304 valence electrons. The molecule has 0 saturated heterocycles. The Labute approximate surface area is 360 Å². The molecule has 6 heteroatoms. The molecule has 61 heavy (non-hydrogen) atoms. The molecule has 0 unspecified atom stereocenters. The lowest BCUT2D eigenvalue weighted by Crippen LogP contribution is -2.53. The Bertz CT molecular complexity index is 2880. The third kappa shape index (κ3) is 5.53. The van der Waals surface area contributed by atoms with E-state index in [2.05, 4.69) is 212 Å². The molecule has 0 saturated carbocycles. The highest BCUT2D eigenvalue weighted by Gasteiger charge is 2.50. The largest absolute Gasteiger partial charge is 0.307 e. The maximum Gasteiger partial charge on any atom is 0.134 e. The summed E-state index contributed by atoms with van der Waals surface area (Å²) in [6.07, 6.45) is 4.04. The van der Waals surface area contributed by atoms with Gasteiger partial charge in [-0.3, -0.25) is 9.98 Å². The van der Waals surface area contributed by atoms with Gasteiger partial charge in [0, 0.05) is 23.5 Å². The summed E-state index contributed by atoms with van der Waals surface area (Å²) in [5.41, 5.74) is 10.6. The van der Waals surface area contributed by atoms with E-state index in [4.69, 9.17) is 20.0 Å². The summed E-state index contributed by atoms with van der Waals surface area (Å²) in [4.78, 5) is 24.6. The third-order valence-corrected chi connectivity index (χ3v) is 14.8. The van der Waals surface area contributed by atoms with Crippen LogP contribution in [0.3, 0.4) is 0 Å². The average molecular weight is 799 g/mol. The maximum absolute atomic E-state index is 5.08. The molecule has 2 aliphatic heterocycles. The van der Waals surface area contributed by atoms with Gasteiger partial charge in [-0.1, -0.05) is 97.1 Å². The number of rotatable bonds is 6. The van der Waals surface area contributed by atoms with Gasteiger partial charge in [0.1, 0.15) is 23.3 Å². The molecule has 0 spiro atoms. The van der Waals surface area contributed by atoms with Crippen LogP contribution in [0.15, 0.2) is 156 Å². The average Bonchev–Trinajstić information content (AvgIpc) is 3.70. The number of aliphatic imine (C=N–C) groups is 2. The van der Waals surface area contributed by atoms with Crippen molar-refractivity contribution in [3.8, 4) is 33.4 Å². The van der Waals surface area contributed by atoms with Crippen LogP contribution in [0.25, 0.3) is 44.2 Å². The molecule has 0 atom stereocenters. The number of hydrogen-bond acceptors (Lipinski definition) is 6. The monoisotopic (exact) mass is 798 g/mol. The van der Waals surface area contributed by atoms with Gasteiger partial charge < -0.3 is 9.80 Å². The van der Waals surface area contributed by atoms with E-state index in [9.17, 15) is 0 Å². The normalized spacial score (nSPS) is 18.8. The highest BCUT2D eigenvalue weighted by molar-refractivity contribution is 6.03. The number of nitrogens with zero attached hydrogens (tertiary/aromatic N) is 6. The molecule has 0 fully saturated rings. The Kier molecular flexibility index (Phi) is 8.45. The van der Waals surface area contributed by atoms with Gasteiger partial charge in [-0.05, 0) is 161 Å². The summed E-state index contributed by atoms with van der Waals surface area (Å²) in [6, 6.07) is 49.4. The van der Waals surface area contributed by atoms with Crippen LogP contribution in [0, 0.1) is 0 Å². The van der Waals surface area contributed by atoms with Gasteiger partial charge in [-0.2, -0.15) is 0 Å². The number of hydrogen-bond donors (Lipinski definition) is 0. The van der Waals surface area contributed by atoms with E-state index in [1.165, 1.54) is 44.2 Å². The summed E-state index contributed by atoms with van der Waals surface area (Å²) in [5.74, 6) is 3.82. The second-order valence-electron chi connectivity index (χ2n) is 19.2. The molecule has 5 aromatic carbocycles. The fourth-order valence-corrected chi connectivity index (χ4v) is 10.5. The first-order valence-electron chi connectivity index (χ1n) is 21.6. The number of fused-ring (bicyclic) bond motifs is 5. The molecular formula is C55H54N6. The number of pyridine rings is 2. The minimum Gasteiger partial charge on any atom is -0.307 e. The molecule has 3 aliphatic rings. The van der Waals surface area contributed by atoms with Crippen molar-refractivity contribution in [3.63, 3.8) is 0 Å². The van der Waals surface area contributed by atoms with Crippen LogP contribution in [-0.4, -0.2) is 43.8 Å². The van der Waals surface area contributed by atoms with Crippen LogP contribution >= 0.6 is 0 Å². The number of anilines is 2. The third-order valence-electron chi connectivity index (χ3n) is 14.8. The zero-order valence-corrected chi connectivity index (χ0v) is 37.0. The first-order chi connectivity index (χ1) is 29.1. The van der Waals surface area contributed by atoms with E-state index in [0.29, 0.717) is 0 Å². The van der Waals surface area contributed by atoms with E-state index in [1.807, 2.05) is 12.4 Å². The van der Waals surface area contributed by atoms with Crippen molar-refractivity contribution >= 4 is 34.1 Å². The predicted octanol–water partition coefficient (Wildman–Crippen LogP) is 12.9. The van der Waals surface area contributed by atoms with Crippen molar-refractivity contribution in [2.45, 2.75) is 96.8 Å². The van der Waals surface area contributed by atoms with Gasteiger partial charge in [0.2, 0.25) is 0 Å². The summed E-state index contributed by atoms with van der Waals surface area (Å²) < 4.78 is 0. The lowest BCUT2D eigenvalue weighted by Gasteiger charge is -2.40. The number of amidine groups is 2. The maximum atomic E-state index is 5.08. The minimum atomic E-state index is -0.574.